The predicted molar refractivity (Wildman–Crippen MR) is 99.8 cm³/mol. The van der Waals surface area contributed by atoms with E-state index in [1.54, 1.807) is 12.4 Å². The van der Waals surface area contributed by atoms with Gasteiger partial charge in [0.15, 0.2) is 5.69 Å². The van der Waals surface area contributed by atoms with E-state index < -0.39 is 0 Å². The number of pyridine rings is 1. The minimum absolute atomic E-state index is 0.328. The number of aryl methyl sites for hydroxylation is 1. The number of rotatable bonds is 3. The summed E-state index contributed by atoms with van der Waals surface area (Å²) in [5.41, 5.74) is 6.66. The summed E-state index contributed by atoms with van der Waals surface area (Å²) in [5.74, 6) is -0.347. The highest BCUT2D eigenvalue weighted by atomic mass is 16.2. The van der Waals surface area contributed by atoms with Crippen LogP contribution in [0.5, 0.6) is 0 Å². The molecule has 0 fully saturated rings. The number of nitrogens with zero attached hydrogens (tertiary/aromatic N) is 2. The summed E-state index contributed by atoms with van der Waals surface area (Å²) < 4.78 is 0. The Morgan fingerprint density at radius 3 is 2.72 bits per heavy atom. The van der Waals surface area contributed by atoms with Crippen molar-refractivity contribution in [1.29, 1.82) is 0 Å². The summed E-state index contributed by atoms with van der Waals surface area (Å²) in [6.07, 6.45) is 3.25. The fraction of sp³-hybridized carbons (Fsp3) is 0.0500. The number of amides is 1. The van der Waals surface area contributed by atoms with Gasteiger partial charge in [0.05, 0.1) is 11.7 Å². The number of hydrazone groups is 1. The van der Waals surface area contributed by atoms with E-state index in [4.69, 9.17) is 0 Å². The van der Waals surface area contributed by atoms with Crippen LogP contribution in [0.4, 0.5) is 0 Å². The highest BCUT2D eigenvalue weighted by Gasteiger charge is 2.14. The second kappa shape index (κ2) is 6.20. The van der Waals surface area contributed by atoms with Crippen LogP contribution in [0.3, 0.4) is 0 Å². The maximum absolute atomic E-state index is 12.5. The number of benzene rings is 2. The van der Waals surface area contributed by atoms with Crippen molar-refractivity contribution in [3.8, 4) is 0 Å². The van der Waals surface area contributed by atoms with Crippen molar-refractivity contribution < 1.29 is 4.79 Å². The summed E-state index contributed by atoms with van der Waals surface area (Å²) in [6, 6.07) is 17.7. The molecule has 0 bridgehead atoms. The Labute approximate surface area is 144 Å². The summed E-state index contributed by atoms with van der Waals surface area (Å²) in [5, 5.41) is 6.07. The lowest BCUT2D eigenvalue weighted by molar-refractivity contribution is 0.0952. The van der Waals surface area contributed by atoms with Crippen LogP contribution in [0.15, 0.2) is 65.9 Å². The molecule has 25 heavy (non-hydrogen) atoms. The molecule has 0 saturated carbocycles. The van der Waals surface area contributed by atoms with Crippen LogP contribution in [-0.4, -0.2) is 22.1 Å². The fourth-order valence-corrected chi connectivity index (χ4v) is 2.82. The molecule has 4 rings (SSSR count). The average molecular weight is 328 g/mol. The van der Waals surface area contributed by atoms with Crippen molar-refractivity contribution in [2.45, 2.75) is 6.92 Å². The third kappa shape index (κ3) is 2.87. The van der Waals surface area contributed by atoms with Gasteiger partial charge in [-0.25, -0.2) is 10.4 Å². The molecule has 5 nitrogen and oxygen atoms in total. The van der Waals surface area contributed by atoms with Crippen LogP contribution in [0.2, 0.25) is 0 Å². The smallest absolute Gasteiger partial charge is 0.292 e. The molecule has 0 aliphatic rings. The third-order valence-corrected chi connectivity index (χ3v) is 4.10. The number of aromatic nitrogens is 2. The van der Waals surface area contributed by atoms with Crippen LogP contribution >= 0.6 is 0 Å². The van der Waals surface area contributed by atoms with Gasteiger partial charge in [-0.05, 0) is 24.6 Å². The van der Waals surface area contributed by atoms with Crippen LogP contribution in [0, 0.1) is 6.92 Å². The third-order valence-electron chi connectivity index (χ3n) is 4.10. The molecule has 0 unspecified atom stereocenters. The van der Waals surface area contributed by atoms with Crippen LogP contribution in [0.1, 0.15) is 21.6 Å². The van der Waals surface area contributed by atoms with Gasteiger partial charge in [0.1, 0.15) is 0 Å². The maximum atomic E-state index is 12.5. The molecule has 5 heteroatoms. The highest BCUT2D eigenvalue weighted by Crippen LogP contribution is 2.26. The molecule has 2 heterocycles. The Kier molecular flexibility index (Phi) is 3.74. The largest absolute Gasteiger partial charge is 0.353 e. The van der Waals surface area contributed by atoms with E-state index in [1.165, 1.54) is 5.56 Å². The van der Waals surface area contributed by atoms with E-state index >= 15 is 0 Å². The number of carbonyl (C=O) groups excluding carboxylic acids is 1. The zero-order valence-corrected chi connectivity index (χ0v) is 13.7. The molecule has 0 saturated heterocycles. The second-order valence-corrected chi connectivity index (χ2v) is 5.86. The van der Waals surface area contributed by atoms with Crippen molar-refractivity contribution in [3.05, 3.63) is 77.6 Å². The normalized spacial score (nSPS) is 11.4. The van der Waals surface area contributed by atoms with Gasteiger partial charge in [-0.15, -0.1) is 0 Å². The van der Waals surface area contributed by atoms with Crippen LogP contribution < -0.4 is 5.43 Å². The Morgan fingerprint density at radius 2 is 1.88 bits per heavy atom. The topological polar surface area (TPSA) is 70.1 Å². The maximum Gasteiger partial charge on any atom is 0.292 e. The van der Waals surface area contributed by atoms with Crippen molar-refractivity contribution >= 4 is 33.9 Å². The van der Waals surface area contributed by atoms with Crippen molar-refractivity contribution in [2.75, 3.05) is 0 Å². The zero-order chi connectivity index (χ0) is 17.2. The zero-order valence-electron chi connectivity index (χ0n) is 13.7. The van der Waals surface area contributed by atoms with Gasteiger partial charge in [-0.3, -0.25) is 4.79 Å². The van der Waals surface area contributed by atoms with Gasteiger partial charge >= 0.3 is 0 Å². The van der Waals surface area contributed by atoms with Gasteiger partial charge in [-0.1, -0.05) is 48.0 Å². The first kappa shape index (κ1) is 15.1. The molecule has 2 aromatic carbocycles. The van der Waals surface area contributed by atoms with Gasteiger partial charge in [0.25, 0.3) is 5.91 Å². The number of fused-ring (bicyclic) bond motifs is 3. The van der Waals surface area contributed by atoms with E-state index in [2.05, 4.69) is 20.5 Å². The monoisotopic (exact) mass is 328 g/mol. The van der Waals surface area contributed by atoms with Crippen LogP contribution in [-0.2, 0) is 0 Å². The predicted octanol–water partition coefficient (Wildman–Crippen LogP) is 3.79. The Morgan fingerprint density at radius 1 is 1.08 bits per heavy atom. The fourth-order valence-electron chi connectivity index (χ4n) is 2.82. The highest BCUT2D eigenvalue weighted by molar-refractivity contribution is 6.13. The van der Waals surface area contributed by atoms with E-state index in [9.17, 15) is 4.79 Å². The number of hydrogen-bond donors (Lipinski definition) is 2. The first-order valence-electron chi connectivity index (χ1n) is 7.98. The van der Waals surface area contributed by atoms with Crippen molar-refractivity contribution in [3.63, 3.8) is 0 Å². The molecule has 0 spiro atoms. The number of para-hydroxylation sites is 1. The first-order chi connectivity index (χ1) is 12.2. The SMILES string of the molecule is Cc1ccc(C=NNC(=O)c2nccc3c2[nH]c2ccccc23)cc1. The molecule has 4 aromatic rings. The van der Waals surface area contributed by atoms with E-state index in [0.717, 1.165) is 21.9 Å². The quantitative estimate of drug-likeness (QED) is 0.444. The van der Waals surface area contributed by atoms with Crippen molar-refractivity contribution in [1.82, 2.24) is 15.4 Å². The number of carbonyl (C=O) groups is 1. The summed E-state index contributed by atoms with van der Waals surface area (Å²) in [6.45, 7) is 2.02. The molecule has 0 atom stereocenters. The van der Waals surface area contributed by atoms with E-state index in [1.807, 2.05) is 61.5 Å². The summed E-state index contributed by atoms with van der Waals surface area (Å²) in [7, 11) is 0. The van der Waals surface area contributed by atoms with Gasteiger partial charge < -0.3 is 4.98 Å². The number of nitrogens with one attached hydrogen (secondary N) is 2. The number of aromatic amines is 1. The first-order valence-corrected chi connectivity index (χ1v) is 7.98. The molecule has 122 valence electrons. The lowest BCUT2D eigenvalue weighted by Crippen LogP contribution is -2.19. The Balaban J connectivity index is 1.62. The summed E-state index contributed by atoms with van der Waals surface area (Å²) >= 11 is 0. The van der Waals surface area contributed by atoms with Crippen molar-refractivity contribution in [2.24, 2.45) is 5.10 Å². The lowest BCUT2D eigenvalue weighted by Gasteiger charge is -2.01. The summed E-state index contributed by atoms with van der Waals surface area (Å²) in [4.78, 5) is 20.0. The number of H-pyrrole nitrogens is 1. The molecule has 0 aliphatic heterocycles. The van der Waals surface area contributed by atoms with E-state index in [-0.39, 0.29) is 5.91 Å². The number of hydrogen-bond acceptors (Lipinski definition) is 3. The minimum atomic E-state index is -0.347. The standard InChI is InChI=1S/C20H16N4O/c1-13-6-8-14(9-7-13)12-22-24-20(25)19-18-16(10-11-21-19)15-4-2-3-5-17(15)23-18/h2-12,23H,1H3,(H,24,25). The molecule has 0 radical (unpaired) electrons. The van der Waals surface area contributed by atoms with Crippen LogP contribution in [0.25, 0.3) is 21.8 Å². The molecule has 2 N–H and O–H groups in total. The Bertz CT molecular complexity index is 1090. The van der Waals surface area contributed by atoms with Gasteiger partial charge in [0, 0.05) is 22.5 Å². The molecule has 0 aliphatic carbocycles. The average Bonchev–Trinajstić information content (AvgIpc) is 3.02. The van der Waals surface area contributed by atoms with Gasteiger partial charge in [0.2, 0.25) is 0 Å². The van der Waals surface area contributed by atoms with Gasteiger partial charge in [-0.2, -0.15) is 5.10 Å². The van der Waals surface area contributed by atoms with E-state index in [0.29, 0.717) is 11.2 Å². The molecule has 1 amide bonds. The molecular formula is C20H16N4O. The molecular weight excluding hydrogens is 312 g/mol. The minimum Gasteiger partial charge on any atom is -0.353 e. The second-order valence-electron chi connectivity index (χ2n) is 5.86. The molecule has 2 aromatic heterocycles. The lowest BCUT2D eigenvalue weighted by atomic mass is 10.1. The Hall–Kier alpha value is -3.47.